The van der Waals surface area contributed by atoms with E-state index in [1.807, 2.05) is 29.0 Å². The number of amides is 2. The second kappa shape index (κ2) is 9.59. The molecule has 2 amide bonds. The SMILES string of the molecule is CCc1ccc(C(=O)N2CCC[C@H](CCC(=O)N(C)C3CCN(C)CC3)C2)[nH]1. The van der Waals surface area contributed by atoms with Crippen molar-refractivity contribution in [2.75, 3.05) is 40.3 Å². The molecule has 2 fully saturated rings. The summed E-state index contributed by atoms with van der Waals surface area (Å²) in [4.78, 5) is 34.9. The zero-order valence-corrected chi connectivity index (χ0v) is 17.7. The number of rotatable bonds is 6. The van der Waals surface area contributed by atoms with Crippen molar-refractivity contribution < 1.29 is 9.59 Å². The van der Waals surface area contributed by atoms with Crippen molar-refractivity contribution in [3.63, 3.8) is 0 Å². The second-order valence-corrected chi connectivity index (χ2v) is 8.59. The number of H-pyrrole nitrogens is 1. The Labute approximate surface area is 169 Å². The molecular weight excluding hydrogens is 352 g/mol. The molecule has 3 rings (SSSR count). The highest BCUT2D eigenvalue weighted by molar-refractivity contribution is 5.92. The maximum absolute atomic E-state index is 12.8. The van der Waals surface area contributed by atoms with Crippen molar-refractivity contribution in [1.82, 2.24) is 19.7 Å². The highest BCUT2D eigenvalue weighted by Crippen LogP contribution is 2.24. The Bertz CT molecular complexity index is 663. The van der Waals surface area contributed by atoms with Gasteiger partial charge >= 0.3 is 0 Å². The number of piperidine rings is 2. The first-order valence-electron chi connectivity index (χ1n) is 10.9. The van der Waals surface area contributed by atoms with Gasteiger partial charge < -0.3 is 19.7 Å². The summed E-state index contributed by atoms with van der Waals surface area (Å²) in [5.41, 5.74) is 1.79. The largest absolute Gasteiger partial charge is 0.354 e. The molecule has 28 heavy (non-hydrogen) atoms. The molecule has 3 heterocycles. The summed E-state index contributed by atoms with van der Waals surface area (Å²) < 4.78 is 0. The van der Waals surface area contributed by atoms with E-state index in [0.717, 1.165) is 70.4 Å². The minimum Gasteiger partial charge on any atom is -0.354 e. The fourth-order valence-electron chi connectivity index (χ4n) is 4.52. The second-order valence-electron chi connectivity index (χ2n) is 8.59. The van der Waals surface area contributed by atoms with E-state index in [9.17, 15) is 9.59 Å². The third-order valence-electron chi connectivity index (χ3n) is 6.56. The Morgan fingerprint density at radius 1 is 1.18 bits per heavy atom. The third-order valence-corrected chi connectivity index (χ3v) is 6.56. The number of aromatic nitrogens is 1. The molecule has 2 aliphatic heterocycles. The summed E-state index contributed by atoms with van der Waals surface area (Å²) in [6.45, 7) is 5.81. The smallest absolute Gasteiger partial charge is 0.270 e. The molecule has 156 valence electrons. The van der Waals surface area contributed by atoms with Gasteiger partial charge in [0.15, 0.2) is 0 Å². The lowest BCUT2D eigenvalue weighted by Crippen LogP contribution is -2.45. The van der Waals surface area contributed by atoms with Crippen LogP contribution in [0.3, 0.4) is 0 Å². The van der Waals surface area contributed by atoms with Crippen LogP contribution in [0.5, 0.6) is 0 Å². The molecular formula is C22H36N4O2. The van der Waals surface area contributed by atoms with Crippen LogP contribution >= 0.6 is 0 Å². The van der Waals surface area contributed by atoms with E-state index in [0.29, 0.717) is 24.1 Å². The third kappa shape index (κ3) is 5.16. The van der Waals surface area contributed by atoms with Crippen LogP contribution < -0.4 is 0 Å². The molecule has 0 radical (unpaired) electrons. The van der Waals surface area contributed by atoms with Crippen molar-refractivity contribution in [1.29, 1.82) is 0 Å². The van der Waals surface area contributed by atoms with Gasteiger partial charge in [0.05, 0.1) is 0 Å². The van der Waals surface area contributed by atoms with E-state index < -0.39 is 0 Å². The normalized spacial score (nSPS) is 21.7. The van der Waals surface area contributed by atoms with Gasteiger partial charge in [-0.15, -0.1) is 0 Å². The predicted molar refractivity (Wildman–Crippen MR) is 111 cm³/mol. The molecule has 1 aromatic heterocycles. The van der Waals surface area contributed by atoms with Crippen LogP contribution in [0.25, 0.3) is 0 Å². The standard InChI is InChI=1S/C22H36N4O2/c1-4-18-8-9-20(23-18)22(28)26-13-5-6-17(16-26)7-10-21(27)25(3)19-11-14-24(2)15-12-19/h8-9,17,19,23H,4-7,10-16H2,1-3H3/t17-/m1/s1. The maximum Gasteiger partial charge on any atom is 0.270 e. The number of carbonyl (C=O) groups is 2. The van der Waals surface area contributed by atoms with E-state index in [2.05, 4.69) is 23.9 Å². The number of hydrogen-bond donors (Lipinski definition) is 1. The van der Waals surface area contributed by atoms with E-state index in [1.165, 1.54) is 0 Å². The molecule has 1 atom stereocenters. The van der Waals surface area contributed by atoms with E-state index >= 15 is 0 Å². The zero-order valence-electron chi connectivity index (χ0n) is 17.7. The summed E-state index contributed by atoms with van der Waals surface area (Å²) in [7, 11) is 4.11. The Morgan fingerprint density at radius 3 is 2.61 bits per heavy atom. The number of carbonyl (C=O) groups excluding carboxylic acids is 2. The first-order valence-corrected chi connectivity index (χ1v) is 10.9. The molecule has 2 saturated heterocycles. The van der Waals surface area contributed by atoms with Gasteiger partial charge in [-0.2, -0.15) is 0 Å². The summed E-state index contributed by atoms with van der Waals surface area (Å²) in [6.07, 6.45) is 6.66. The Balaban J connectivity index is 1.46. The van der Waals surface area contributed by atoms with Crippen LogP contribution in [-0.2, 0) is 11.2 Å². The van der Waals surface area contributed by atoms with Crippen LogP contribution in [0.4, 0.5) is 0 Å². The van der Waals surface area contributed by atoms with Gasteiger partial charge in [-0.1, -0.05) is 6.92 Å². The molecule has 1 N–H and O–H groups in total. The van der Waals surface area contributed by atoms with Crippen molar-refractivity contribution in [2.24, 2.45) is 5.92 Å². The van der Waals surface area contributed by atoms with Crippen LogP contribution in [0.15, 0.2) is 12.1 Å². The molecule has 0 unspecified atom stereocenters. The van der Waals surface area contributed by atoms with Crippen LogP contribution in [0.1, 0.15) is 61.6 Å². The van der Waals surface area contributed by atoms with Crippen LogP contribution in [-0.4, -0.2) is 77.8 Å². The summed E-state index contributed by atoms with van der Waals surface area (Å²) in [5, 5.41) is 0. The highest BCUT2D eigenvalue weighted by atomic mass is 16.2. The lowest BCUT2D eigenvalue weighted by molar-refractivity contribution is -0.133. The lowest BCUT2D eigenvalue weighted by Gasteiger charge is -2.36. The first-order chi connectivity index (χ1) is 13.5. The number of aromatic amines is 1. The van der Waals surface area contributed by atoms with Crippen molar-refractivity contribution >= 4 is 11.8 Å². The van der Waals surface area contributed by atoms with E-state index in [4.69, 9.17) is 0 Å². The predicted octanol–water partition coefficient (Wildman–Crippen LogP) is 2.76. The molecule has 0 saturated carbocycles. The van der Waals surface area contributed by atoms with Gasteiger partial charge in [-0.05, 0) is 76.7 Å². The van der Waals surface area contributed by atoms with Gasteiger partial charge in [0.1, 0.15) is 5.69 Å². The van der Waals surface area contributed by atoms with Crippen molar-refractivity contribution in [2.45, 2.75) is 57.9 Å². The van der Waals surface area contributed by atoms with Gasteiger partial charge in [-0.3, -0.25) is 9.59 Å². The molecule has 1 aromatic rings. The molecule has 0 aromatic carbocycles. The molecule has 6 heteroatoms. The quantitative estimate of drug-likeness (QED) is 0.815. The first kappa shape index (κ1) is 20.9. The number of likely N-dealkylation sites (tertiary alicyclic amines) is 2. The van der Waals surface area contributed by atoms with Gasteiger partial charge in [0, 0.05) is 38.3 Å². The summed E-state index contributed by atoms with van der Waals surface area (Å²) in [5.74, 6) is 0.780. The van der Waals surface area contributed by atoms with E-state index in [1.54, 1.807) is 0 Å². The highest BCUT2D eigenvalue weighted by Gasteiger charge is 2.27. The minimum atomic E-state index is 0.0965. The molecule has 2 aliphatic rings. The number of aryl methyl sites for hydroxylation is 1. The Morgan fingerprint density at radius 2 is 1.93 bits per heavy atom. The van der Waals surface area contributed by atoms with Crippen molar-refractivity contribution in [3.05, 3.63) is 23.5 Å². The maximum atomic E-state index is 12.8. The van der Waals surface area contributed by atoms with Crippen molar-refractivity contribution in [3.8, 4) is 0 Å². The van der Waals surface area contributed by atoms with Gasteiger partial charge in [0.2, 0.25) is 5.91 Å². The van der Waals surface area contributed by atoms with Crippen LogP contribution in [0, 0.1) is 5.92 Å². The molecule has 6 nitrogen and oxygen atoms in total. The number of nitrogens with zero attached hydrogens (tertiary/aromatic N) is 3. The monoisotopic (exact) mass is 388 g/mol. The number of nitrogens with one attached hydrogen (secondary N) is 1. The van der Waals surface area contributed by atoms with E-state index in [-0.39, 0.29) is 11.8 Å². The molecule has 0 aliphatic carbocycles. The average Bonchev–Trinajstić information content (AvgIpc) is 3.21. The van der Waals surface area contributed by atoms with Gasteiger partial charge in [0.25, 0.3) is 5.91 Å². The van der Waals surface area contributed by atoms with Gasteiger partial charge in [-0.25, -0.2) is 0 Å². The Kier molecular flexibility index (Phi) is 7.16. The summed E-state index contributed by atoms with van der Waals surface area (Å²) in [6, 6.07) is 4.27. The Hall–Kier alpha value is -1.82. The summed E-state index contributed by atoms with van der Waals surface area (Å²) >= 11 is 0. The molecule has 0 bridgehead atoms. The fraction of sp³-hybridized carbons (Fsp3) is 0.727. The number of hydrogen-bond acceptors (Lipinski definition) is 3. The average molecular weight is 389 g/mol. The zero-order chi connectivity index (χ0) is 20.1. The lowest BCUT2D eigenvalue weighted by atomic mass is 9.92. The topological polar surface area (TPSA) is 59.7 Å². The molecule has 0 spiro atoms. The fourth-order valence-corrected chi connectivity index (χ4v) is 4.52. The van der Waals surface area contributed by atoms with Crippen LogP contribution in [0.2, 0.25) is 0 Å². The minimum absolute atomic E-state index is 0.0965.